The van der Waals surface area contributed by atoms with Crippen molar-refractivity contribution in [1.29, 1.82) is 0 Å². The van der Waals surface area contributed by atoms with Crippen LogP contribution in [0.3, 0.4) is 0 Å². The van der Waals surface area contributed by atoms with Gasteiger partial charge in [0.2, 0.25) is 10.0 Å². The van der Waals surface area contributed by atoms with Crippen LogP contribution in [0.4, 0.5) is 5.69 Å². The third-order valence-electron chi connectivity index (χ3n) is 3.31. The van der Waals surface area contributed by atoms with Gasteiger partial charge in [-0.15, -0.1) is 0 Å². The Hall–Kier alpha value is -1.11. The highest BCUT2D eigenvalue weighted by Gasteiger charge is 2.45. The minimum Gasteiger partial charge on any atom is -0.399 e. The number of nitrogens with two attached hydrogens (primary N) is 1. The lowest BCUT2D eigenvalue weighted by molar-refractivity contribution is -0.0613. The lowest BCUT2D eigenvalue weighted by atomic mass is 9.94. The normalized spacial score (nSPS) is 19.5. The first kappa shape index (κ1) is 13.3. The van der Waals surface area contributed by atoms with Crippen LogP contribution in [-0.2, 0) is 10.0 Å². The second-order valence-electron chi connectivity index (χ2n) is 4.93. The van der Waals surface area contributed by atoms with E-state index in [1.807, 2.05) is 6.92 Å². The number of aryl methyl sites for hydroxylation is 1. The van der Waals surface area contributed by atoms with Crippen molar-refractivity contribution in [3.8, 4) is 0 Å². The summed E-state index contributed by atoms with van der Waals surface area (Å²) in [6, 6.07) is 4.76. The zero-order valence-corrected chi connectivity index (χ0v) is 11.4. The number of aliphatic hydroxyl groups is 1. The third kappa shape index (κ3) is 2.23. The average molecular weight is 270 g/mol. The van der Waals surface area contributed by atoms with E-state index >= 15 is 0 Å². The predicted octanol–water partition coefficient (Wildman–Crippen LogP) is 0.723. The molecule has 1 aliphatic rings. The molecule has 0 amide bonds. The molecule has 2 rings (SSSR count). The summed E-state index contributed by atoms with van der Waals surface area (Å²) in [4.78, 5) is 0.193. The van der Waals surface area contributed by atoms with E-state index in [4.69, 9.17) is 5.73 Å². The van der Waals surface area contributed by atoms with Gasteiger partial charge in [0.25, 0.3) is 0 Å². The second-order valence-corrected chi connectivity index (χ2v) is 6.87. The highest BCUT2D eigenvalue weighted by molar-refractivity contribution is 7.89. The minimum absolute atomic E-state index is 0.152. The van der Waals surface area contributed by atoms with E-state index in [0.29, 0.717) is 12.1 Å². The second kappa shape index (κ2) is 4.22. The number of rotatable bonds is 3. The smallest absolute Gasteiger partial charge is 0.243 e. The van der Waals surface area contributed by atoms with Crippen molar-refractivity contribution in [3.05, 3.63) is 23.8 Å². The number of hydrogen-bond donors (Lipinski definition) is 2. The van der Waals surface area contributed by atoms with E-state index in [9.17, 15) is 13.5 Å². The largest absolute Gasteiger partial charge is 0.399 e. The minimum atomic E-state index is -3.54. The van der Waals surface area contributed by atoms with Crippen LogP contribution in [-0.4, -0.2) is 36.5 Å². The van der Waals surface area contributed by atoms with Gasteiger partial charge in [0, 0.05) is 18.8 Å². The van der Waals surface area contributed by atoms with Crippen LogP contribution in [0, 0.1) is 6.92 Å². The zero-order chi connectivity index (χ0) is 13.6. The molecule has 0 aliphatic carbocycles. The Morgan fingerprint density at radius 2 is 2.00 bits per heavy atom. The summed E-state index contributed by atoms with van der Waals surface area (Å²) in [6.07, 6.45) is 0.551. The van der Waals surface area contributed by atoms with Gasteiger partial charge in [-0.3, -0.25) is 0 Å². The summed E-state index contributed by atoms with van der Waals surface area (Å²) in [5, 5.41) is 9.88. The Balaban J connectivity index is 2.28. The molecule has 100 valence electrons. The van der Waals surface area contributed by atoms with Crippen molar-refractivity contribution in [3.63, 3.8) is 0 Å². The SMILES string of the molecule is CCC1(O)CN(S(=O)(=O)c2cc(C)cc(N)c2)C1. The van der Waals surface area contributed by atoms with Crippen LogP contribution in [0.2, 0.25) is 0 Å². The summed E-state index contributed by atoms with van der Waals surface area (Å²) in [7, 11) is -3.54. The molecule has 1 heterocycles. The van der Waals surface area contributed by atoms with Gasteiger partial charge in [0.15, 0.2) is 0 Å². The zero-order valence-electron chi connectivity index (χ0n) is 10.5. The van der Waals surface area contributed by atoms with Crippen molar-refractivity contribution >= 4 is 15.7 Å². The van der Waals surface area contributed by atoms with Crippen molar-refractivity contribution < 1.29 is 13.5 Å². The van der Waals surface area contributed by atoms with E-state index < -0.39 is 15.6 Å². The fourth-order valence-corrected chi connectivity index (χ4v) is 3.82. The molecule has 0 saturated carbocycles. The van der Waals surface area contributed by atoms with Gasteiger partial charge in [0.1, 0.15) is 0 Å². The fourth-order valence-electron chi connectivity index (χ4n) is 2.08. The standard InChI is InChI=1S/C12H18N2O3S/c1-3-12(15)7-14(8-12)18(16,17)11-5-9(2)4-10(13)6-11/h4-6,15H,3,7-8,13H2,1-2H3. The molecule has 1 saturated heterocycles. The van der Waals surface area contributed by atoms with Gasteiger partial charge < -0.3 is 10.8 Å². The molecular formula is C12H18N2O3S. The van der Waals surface area contributed by atoms with Crippen molar-refractivity contribution in [2.24, 2.45) is 0 Å². The van der Waals surface area contributed by atoms with E-state index in [1.54, 1.807) is 19.1 Å². The van der Waals surface area contributed by atoms with Gasteiger partial charge in [-0.1, -0.05) is 6.92 Å². The summed E-state index contributed by atoms with van der Waals surface area (Å²) < 4.78 is 25.8. The first-order chi connectivity index (χ1) is 8.27. The van der Waals surface area contributed by atoms with Gasteiger partial charge in [0.05, 0.1) is 10.5 Å². The maximum absolute atomic E-state index is 12.3. The lowest BCUT2D eigenvalue weighted by Gasteiger charge is -2.44. The number of nitrogen functional groups attached to an aromatic ring is 1. The molecule has 6 heteroatoms. The Morgan fingerprint density at radius 3 is 2.50 bits per heavy atom. The van der Waals surface area contributed by atoms with Crippen molar-refractivity contribution in [2.75, 3.05) is 18.8 Å². The van der Waals surface area contributed by atoms with Crippen molar-refractivity contribution in [1.82, 2.24) is 4.31 Å². The van der Waals surface area contributed by atoms with E-state index in [0.717, 1.165) is 5.56 Å². The maximum atomic E-state index is 12.3. The molecule has 1 aromatic carbocycles. The predicted molar refractivity (Wildman–Crippen MR) is 69.6 cm³/mol. The number of nitrogens with zero attached hydrogens (tertiary/aromatic N) is 1. The first-order valence-electron chi connectivity index (χ1n) is 5.86. The summed E-state index contributed by atoms with van der Waals surface area (Å²) in [6.45, 7) is 3.95. The van der Waals surface area contributed by atoms with E-state index in [-0.39, 0.29) is 18.0 Å². The third-order valence-corrected chi connectivity index (χ3v) is 5.08. The highest BCUT2D eigenvalue weighted by atomic mass is 32.2. The van der Waals surface area contributed by atoms with Gasteiger partial charge in [-0.05, 0) is 37.1 Å². The Labute approximate surface area is 107 Å². The quantitative estimate of drug-likeness (QED) is 0.793. The molecule has 0 aromatic heterocycles. The number of benzene rings is 1. The molecule has 5 nitrogen and oxygen atoms in total. The average Bonchev–Trinajstić information content (AvgIpc) is 2.23. The molecule has 1 fully saturated rings. The molecule has 0 spiro atoms. The van der Waals surface area contributed by atoms with Crippen LogP contribution in [0.15, 0.2) is 23.1 Å². The summed E-state index contributed by atoms with van der Waals surface area (Å²) in [5.41, 5.74) is 6.03. The Morgan fingerprint density at radius 1 is 1.39 bits per heavy atom. The number of sulfonamides is 1. The molecule has 0 atom stereocenters. The summed E-state index contributed by atoms with van der Waals surface area (Å²) in [5.74, 6) is 0. The van der Waals surface area contributed by atoms with Crippen molar-refractivity contribution in [2.45, 2.75) is 30.8 Å². The summed E-state index contributed by atoms with van der Waals surface area (Å²) >= 11 is 0. The highest BCUT2D eigenvalue weighted by Crippen LogP contribution is 2.31. The van der Waals surface area contributed by atoms with Crippen LogP contribution >= 0.6 is 0 Å². The molecular weight excluding hydrogens is 252 g/mol. The Kier molecular flexibility index (Phi) is 3.12. The number of β-amino-alcohol motifs (C(OH)–C–C–N with tert-alkyl or cyclic N) is 1. The molecule has 3 N–H and O–H groups in total. The molecule has 1 aliphatic heterocycles. The van der Waals surface area contributed by atoms with Crippen LogP contribution < -0.4 is 5.73 Å². The molecule has 0 bridgehead atoms. The Bertz CT molecular complexity index is 542. The molecule has 18 heavy (non-hydrogen) atoms. The van der Waals surface area contributed by atoms with Gasteiger partial charge in [-0.25, -0.2) is 8.42 Å². The monoisotopic (exact) mass is 270 g/mol. The number of anilines is 1. The van der Waals surface area contributed by atoms with E-state index in [1.165, 1.54) is 10.4 Å². The topological polar surface area (TPSA) is 83.6 Å². The molecule has 1 aromatic rings. The fraction of sp³-hybridized carbons (Fsp3) is 0.500. The maximum Gasteiger partial charge on any atom is 0.243 e. The first-order valence-corrected chi connectivity index (χ1v) is 7.30. The molecule has 0 radical (unpaired) electrons. The van der Waals surface area contributed by atoms with E-state index in [2.05, 4.69) is 0 Å². The van der Waals surface area contributed by atoms with Crippen LogP contribution in [0.25, 0.3) is 0 Å². The van der Waals surface area contributed by atoms with Crippen LogP contribution in [0.1, 0.15) is 18.9 Å². The van der Waals surface area contributed by atoms with Gasteiger partial charge in [-0.2, -0.15) is 4.31 Å². The molecule has 0 unspecified atom stereocenters. The lowest BCUT2D eigenvalue weighted by Crippen LogP contribution is -2.62. The van der Waals surface area contributed by atoms with Gasteiger partial charge >= 0.3 is 0 Å². The number of hydrogen-bond acceptors (Lipinski definition) is 4. The van der Waals surface area contributed by atoms with Crippen LogP contribution in [0.5, 0.6) is 0 Å².